The van der Waals surface area contributed by atoms with Crippen LogP contribution in [-0.2, 0) is 0 Å². The number of nitrogen functional groups attached to an aromatic ring is 1. The van der Waals surface area contributed by atoms with Crippen molar-refractivity contribution < 1.29 is 14.2 Å². The fourth-order valence-electron chi connectivity index (χ4n) is 1.55. The number of nitro benzene ring substituents is 1. The Labute approximate surface area is 113 Å². The fourth-order valence-corrected chi connectivity index (χ4v) is 1.55. The van der Waals surface area contributed by atoms with Crippen LogP contribution in [0.3, 0.4) is 0 Å². The maximum atomic E-state index is 12.0. The predicted octanol–water partition coefficient (Wildman–Crippen LogP) is 2.03. The summed E-state index contributed by atoms with van der Waals surface area (Å²) < 4.78 is 4.95. The molecule has 8 nitrogen and oxygen atoms in total. The number of nitrogens with two attached hydrogens (primary N) is 1. The van der Waals surface area contributed by atoms with Gasteiger partial charge < -0.3 is 10.3 Å². The summed E-state index contributed by atoms with van der Waals surface area (Å²) in [7, 11) is 0. The molecule has 0 aliphatic heterocycles. The van der Waals surface area contributed by atoms with Gasteiger partial charge in [0.05, 0.1) is 10.6 Å². The van der Waals surface area contributed by atoms with Gasteiger partial charge in [-0.3, -0.25) is 20.2 Å². The third-order valence-corrected chi connectivity index (χ3v) is 2.87. The Hall–Kier alpha value is -2.90. The average Bonchev–Trinajstić information content (AvgIpc) is 2.71. The predicted molar refractivity (Wildman–Crippen MR) is 71.4 cm³/mol. The zero-order valence-electron chi connectivity index (χ0n) is 10.8. The van der Waals surface area contributed by atoms with Gasteiger partial charge in [-0.15, -0.1) is 0 Å². The Bertz CT molecular complexity index is 693. The first kappa shape index (κ1) is 13.5. The van der Waals surface area contributed by atoms with Crippen molar-refractivity contribution >= 4 is 23.2 Å². The van der Waals surface area contributed by atoms with Gasteiger partial charge in [-0.25, -0.2) is 0 Å². The number of benzene rings is 1. The normalized spacial score (nSPS) is 10.3. The van der Waals surface area contributed by atoms with E-state index in [1.165, 1.54) is 12.1 Å². The number of hydrogen-bond acceptors (Lipinski definition) is 6. The monoisotopic (exact) mass is 276 g/mol. The minimum atomic E-state index is -0.643. The number of nitrogens with one attached hydrogen (secondary N) is 1. The fraction of sp³-hybridized carbons (Fsp3) is 0.167. The summed E-state index contributed by atoms with van der Waals surface area (Å²) in [6.07, 6.45) is 0. The molecule has 0 saturated heterocycles. The summed E-state index contributed by atoms with van der Waals surface area (Å²) in [5, 5.41) is 17.0. The molecule has 0 radical (unpaired) electrons. The van der Waals surface area contributed by atoms with Crippen LogP contribution in [0.5, 0.6) is 0 Å². The van der Waals surface area contributed by atoms with Crippen molar-refractivity contribution in [2.75, 3.05) is 11.1 Å². The van der Waals surface area contributed by atoms with E-state index in [1.54, 1.807) is 13.8 Å². The summed E-state index contributed by atoms with van der Waals surface area (Å²) in [4.78, 5) is 22.1. The van der Waals surface area contributed by atoms with E-state index in [9.17, 15) is 14.9 Å². The highest BCUT2D eigenvalue weighted by Crippen LogP contribution is 2.24. The summed E-state index contributed by atoms with van der Waals surface area (Å²) >= 11 is 0. The number of amides is 1. The number of rotatable bonds is 3. The second kappa shape index (κ2) is 5.00. The third kappa shape index (κ3) is 2.44. The molecule has 1 aromatic carbocycles. The van der Waals surface area contributed by atoms with Crippen molar-refractivity contribution in [1.82, 2.24) is 5.16 Å². The van der Waals surface area contributed by atoms with E-state index >= 15 is 0 Å². The molecular weight excluding hydrogens is 264 g/mol. The van der Waals surface area contributed by atoms with Crippen LogP contribution in [0, 0.1) is 24.0 Å². The SMILES string of the molecule is Cc1noc(NC(=O)c2ccc(N)c([N+](=O)[O-])c2)c1C. The number of hydrogen-bond donors (Lipinski definition) is 2. The molecule has 0 aliphatic carbocycles. The lowest BCUT2D eigenvalue weighted by Crippen LogP contribution is -2.12. The second-order valence-corrected chi connectivity index (χ2v) is 4.21. The molecular formula is C12H12N4O4. The van der Waals surface area contributed by atoms with E-state index in [1.807, 2.05) is 0 Å². The van der Waals surface area contributed by atoms with E-state index in [0.29, 0.717) is 11.3 Å². The summed E-state index contributed by atoms with van der Waals surface area (Å²) in [6.45, 7) is 3.48. The van der Waals surface area contributed by atoms with E-state index in [2.05, 4.69) is 10.5 Å². The number of aryl methyl sites for hydroxylation is 1. The number of anilines is 2. The highest BCUT2D eigenvalue weighted by Gasteiger charge is 2.18. The molecule has 0 aliphatic rings. The van der Waals surface area contributed by atoms with Gasteiger partial charge in [0.15, 0.2) is 0 Å². The standard InChI is InChI=1S/C12H12N4O4/c1-6-7(2)15-20-12(6)14-11(17)8-3-4-9(13)10(5-8)16(18)19/h3-5H,13H2,1-2H3,(H,14,17). The highest BCUT2D eigenvalue weighted by atomic mass is 16.6. The summed E-state index contributed by atoms with van der Waals surface area (Å²) in [5.74, 6) is -0.320. The molecule has 20 heavy (non-hydrogen) atoms. The number of carbonyl (C=O) groups excluding carboxylic acids is 1. The number of carbonyl (C=O) groups is 1. The van der Waals surface area contributed by atoms with Crippen LogP contribution in [0.1, 0.15) is 21.6 Å². The topological polar surface area (TPSA) is 124 Å². The third-order valence-electron chi connectivity index (χ3n) is 2.87. The van der Waals surface area contributed by atoms with Crippen LogP contribution in [0.15, 0.2) is 22.7 Å². The van der Waals surface area contributed by atoms with Crippen LogP contribution < -0.4 is 11.1 Å². The molecule has 3 N–H and O–H groups in total. The van der Waals surface area contributed by atoms with Gasteiger partial charge in [-0.05, 0) is 26.0 Å². The minimum Gasteiger partial charge on any atom is -0.393 e. The van der Waals surface area contributed by atoms with E-state index in [-0.39, 0.29) is 22.8 Å². The zero-order valence-corrected chi connectivity index (χ0v) is 10.8. The maximum Gasteiger partial charge on any atom is 0.292 e. The molecule has 0 fully saturated rings. The minimum absolute atomic E-state index is 0.00163. The van der Waals surface area contributed by atoms with Gasteiger partial charge in [0.25, 0.3) is 11.6 Å². The van der Waals surface area contributed by atoms with E-state index in [4.69, 9.17) is 10.3 Å². The van der Waals surface area contributed by atoms with Crippen molar-refractivity contribution in [3.63, 3.8) is 0 Å². The van der Waals surface area contributed by atoms with Gasteiger partial charge in [-0.2, -0.15) is 0 Å². The quantitative estimate of drug-likeness (QED) is 0.502. The molecule has 0 bridgehead atoms. The first-order valence-electron chi connectivity index (χ1n) is 5.68. The second-order valence-electron chi connectivity index (χ2n) is 4.21. The molecule has 2 rings (SSSR count). The van der Waals surface area contributed by atoms with Crippen molar-refractivity contribution in [3.05, 3.63) is 45.1 Å². The molecule has 1 aromatic heterocycles. The van der Waals surface area contributed by atoms with Crippen LogP contribution in [0.25, 0.3) is 0 Å². The van der Waals surface area contributed by atoms with E-state index < -0.39 is 10.8 Å². The number of nitrogens with zero attached hydrogens (tertiary/aromatic N) is 2. The number of aromatic nitrogens is 1. The van der Waals surface area contributed by atoms with Gasteiger partial charge in [-0.1, -0.05) is 5.16 Å². The van der Waals surface area contributed by atoms with Crippen molar-refractivity contribution in [3.8, 4) is 0 Å². The molecule has 104 valence electrons. The smallest absolute Gasteiger partial charge is 0.292 e. The van der Waals surface area contributed by atoms with Gasteiger partial charge in [0.1, 0.15) is 5.69 Å². The van der Waals surface area contributed by atoms with Gasteiger partial charge in [0, 0.05) is 17.2 Å². The molecule has 1 heterocycles. The Morgan fingerprint density at radius 3 is 2.70 bits per heavy atom. The van der Waals surface area contributed by atoms with Gasteiger partial charge >= 0.3 is 0 Å². The summed E-state index contributed by atoms with van der Waals surface area (Å²) in [5.41, 5.74) is 6.61. The Kier molecular flexibility index (Phi) is 3.38. The Morgan fingerprint density at radius 1 is 1.45 bits per heavy atom. The molecule has 0 saturated carbocycles. The number of nitro groups is 1. The lowest BCUT2D eigenvalue weighted by Gasteiger charge is -2.03. The first-order valence-corrected chi connectivity index (χ1v) is 5.68. The average molecular weight is 276 g/mol. The Balaban J connectivity index is 2.28. The molecule has 0 spiro atoms. The summed E-state index contributed by atoms with van der Waals surface area (Å²) in [6, 6.07) is 3.82. The molecule has 2 aromatic rings. The molecule has 1 amide bonds. The lowest BCUT2D eigenvalue weighted by atomic mass is 10.1. The zero-order chi connectivity index (χ0) is 14.9. The Morgan fingerprint density at radius 2 is 2.15 bits per heavy atom. The molecule has 0 atom stereocenters. The molecule has 8 heteroatoms. The largest absolute Gasteiger partial charge is 0.393 e. The van der Waals surface area contributed by atoms with Crippen LogP contribution in [-0.4, -0.2) is 16.0 Å². The van der Waals surface area contributed by atoms with Crippen molar-refractivity contribution in [1.29, 1.82) is 0 Å². The van der Waals surface area contributed by atoms with Crippen molar-refractivity contribution in [2.45, 2.75) is 13.8 Å². The first-order chi connectivity index (χ1) is 9.40. The molecule has 0 unspecified atom stereocenters. The van der Waals surface area contributed by atoms with Gasteiger partial charge in [0.2, 0.25) is 5.88 Å². The van der Waals surface area contributed by atoms with E-state index in [0.717, 1.165) is 6.07 Å². The van der Waals surface area contributed by atoms with Crippen LogP contribution in [0.2, 0.25) is 0 Å². The van der Waals surface area contributed by atoms with Crippen LogP contribution in [0.4, 0.5) is 17.3 Å². The van der Waals surface area contributed by atoms with Crippen LogP contribution >= 0.6 is 0 Å². The lowest BCUT2D eigenvalue weighted by molar-refractivity contribution is -0.383. The highest BCUT2D eigenvalue weighted by molar-refractivity contribution is 6.04. The maximum absolute atomic E-state index is 12.0. The van der Waals surface area contributed by atoms with Crippen molar-refractivity contribution in [2.24, 2.45) is 0 Å².